The first-order valence-corrected chi connectivity index (χ1v) is 6.15. The number of aryl methyl sites for hydroxylation is 1. The van der Waals surface area contributed by atoms with E-state index in [0.29, 0.717) is 0 Å². The molecule has 5 heteroatoms. The lowest BCUT2D eigenvalue weighted by Crippen LogP contribution is -2.18. The van der Waals surface area contributed by atoms with Gasteiger partial charge in [0.15, 0.2) is 0 Å². The predicted molar refractivity (Wildman–Crippen MR) is 73.6 cm³/mol. The van der Waals surface area contributed by atoms with Crippen LogP contribution in [0.25, 0.3) is 11.0 Å². The summed E-state index contributed by atoms with van der Waals surface area (Å²) in [5.41, 5.74) is 3.79. The molecule has 0 bridgehead atoms. The first-order valence-electron chi connectivity index (χ1n) is 6.15. The maximum atomic E-state index is 4.67. The van der Waals surface area contributed by atoms with Crippen LogP contribution in [0.4, 0.5) is 0 Å². The Morgan fingerprint density at radius 1 is 1.16 bits per heavy atom. The number of hydrogen-bond acceptors (Lipinski definition) is 4. The fraction of sp³-hybridized carbons (Fsp3) is 0.214. The Morgan fingerprint density at radius 2 is 1.95 bits per heavy atom. The molecule has 1 aromatic carbocycles. The highest BCUT2D eigenvalue weighted by Gasteiger charge is 2.15. The second-order valence-corrected chi connectivity index (χ2v) is 4.45. The summed E-state index contributed by atoms with van der Waals surface area (Å²) < 4.78 is 1.79. The highest BCUT2D eigenvalue weighted by Crippen LogP contribution is 2.20. The van der Waals surface area contributed by atoms with Gasteiger partial charge in [-0.15, -0.1) is 0 Å². The molecule has 0 saturated heterocycles. The highest BCUT2D eigenvalue weighted by atomic mass is 15.2. The van der Waals surface area contributed by atoms with E-state index in [1.54, 1.807) is 4.68 Å². The van der Waals surface area contributed by atoms with Crippen molar-refractivity contribution in [2.24, 2.45) is 7.05 Å². The number of fused-ring (bicyclic) bond motifs is 1. The molecule has 0 amide bonds. The quantitative estimate of drug-likeness (QED) is 0.771. The van der Waals surface area contributed by atoms with Crippen LogP contribution < -0.4 is 5.32 Å². The Labute approximate surface area is 111 Å². The van der Waals surface area contributed by atoms with Crippen molar-refractivity contribution in [2.45, 2.75) is 6.04 Å². The predicted octanol–water partition coefficient (Wildman–Crippen LogP) is 1.67. The van der Waals surface area contributed by atoms with Crippen LogP contribution in [0.15, 0.2) is 42.9 Å². The summed E-state index contributed by atoms with van der Waals surface area (Å²) in [6, 6.07) is 7.88. The van der Waals surface area contributed by atoms with Crippen LogP contribution in [0, 0.1) is 0 Å². The van der Waals surface area contributed by atoms with Crippen LogP contribution in [-0.2, 0) is 7.05 Å². The van der Waals surface area contributed by atoms with Crippen molar-refractivity contribution in [3.8, 4) is 0 Å². The molecule has 1 N–H and O–H groups in total. The monoisotopic (exact) mass is 253 g/mol. The van der Waals surface area contributed by atoms with E-state index >= 15 is 0 Å². The van der Waals surface area contributed by atoms with Crippen molar-refractivity contribution in [1.82, 2.24) is 25.1 Å². The minimum Gasteiger partial charge on any atom is -0.308 e. The molecule has 0 aliphatic carbocycles. The average molecular weight is 253 g/mol. The van der Waals surface area contributed by atoms with E-state index in [2.05, 4.69) is 20.4 Å². The lowest BCUT2D eigenvalue weighted by molar-refractivity contribution is 0.669. The fourth-order valence-corrected chi connectivity index (χ4v) is 2.19. The molecule has 0 fully saturated rings. The van der Waals surface area contributed by atoms with Crippen LogP contribution in [-0.4, -0.2) is 26.8 Å². The van der Waals surface area contributed by atoms with E-state index in [-0.39, 0.29) is 6.04 Å². The summed E-state index contributed by atoms with van der Waals surface area (Å²) in [6.45, 7) is 0. The number of benzene rings is 1. The first kappa shape index (κ1) is 11.8. The molecule has 19 heavy (non-hydrogen) atoms. The van der Waals surface area contributed by atoms with Gasteiger partial charge < -0.3 is 5.32 Å². The normalized spacial score (nSPS) is 12.7. The molecule has 2 aromatic heterocycles. The maximum Gasteiger partial charge on any atom is 0.0890 e. The van der Waals surface area contributed by atoms with Gasteiger partial charge in [0, 0.05) is 18.8 Å². The maximum absolute atomic E-state index is 4.67. The third kappa shape index (κ3) is 2.20. The Kier molecular flexibility index (Phi) is 2.97. The van der Waals surface area contributed by atoms with E-state index in [1.165, 1.54) is 0 Å². The van der Waals surface area contributed by atoms with Crippen LogP contribution in [0.1, 0.15) is 17.3 Å². The van der Waals surface area contributed by atoms with Crippen LogP contribution >= 0.6 is 0 Å². The summed E-state index contributed by atoms with van der Waals surface area (Å²) in [4.78, 5) is 9.12. The van der Waals surface area contributed by atoms with E-state index < -0.39 is 0 Å². The van der Waals surface area contributed by atoms with Gasteiger partial charge in [0.1, 0.15) is 0 Å². The number of nitrogens with one attached hydrogen (secondary N) is 1. The topological polar surface area (TPSA) is 55.6 Å². The van der Waals surface area contributed by atoms with Gasteiger partial charge in [-0.3, -0.25) is 9.67 Å². The molecule has 1 atom stereocenters. The molecule has 3 rings (SSSR count). The van der Waals surface area contributed by atoms with E-state index in [9.17, 15) is 0 Å². The Hall–Kier alpha value is -2.27. The van der Waals surface area contributed by atoms with Crippen molar-refractivity contribution < 1.29 is 0 Å². The summed E-state index contributed by atoms with van der Waals surface area (Å²) in [6.07, 6.45) is 5.65. The Morgan fingerprint density at radius 3 is 2.63 bits per heavy atom. The molecule has 2 heterocycles. The summed E-state index contributed by atoms with van der Waals surface area (Å²) in [5, 5.41) is 7.46. The molecular weight excluding hydrogens is 238 g/mol. The number of rotatable bonds is 3. The molecule has 5 nitrogen and oxygen atoms in total. The van der Waals surface area contributed by atoms with Crippen molar-refractivity contribution in [3.63, 3.8) is 0 Å². The van der Waals surface area contributed by atoms with Gasteiger partial charge in [-0.2, -0.15) is 5.10 Å². The summed E-state index contributed by atoms with van der Waals surface area (Å²) in [7, 11) is 3.82. The molecule has 0 saturated carbocycles. The average Bonchev–Trinajstić information content (AvgIpc) is 2.86. The Bertz CT molecular complexity index is 704. The lowest BCUT2D eigenvalue weighted by Gasteiger charge is -2.13. The molecule has 1 unspecified atom stereocenters. The van der Waals surface area contributed by atoms with Gasteiger partial charge in [-0.05, 0) is 19.2 Å². The number of nitrogens with zero attached hydrogens (tertiary/aromatic N) is 4. The van der Waals surface area contributed by atoms with Crippen molar-refractivity contribution in [2.75, 3.05) is 7.05 Å². The van der Waals surface area contributed by atoms with Crippen molar-refractivity contribution in [3.05, 3.63) is 54.1 Å². The van der Waals surface area contributed by atoms with Crippen LogP contribution in [0.2, 0.25) is 0 Å². The molecule has 96 valence electrons. The zero-order valence-electron chi connectivity index (χ0n) is 10.9. The van der Waals surface area contributed by atoms with Gasteiger partial charge in [0.2, 0.25) is 0 Å². The Balaban J connectivity index is 2.06. The minimum absolute atomic E-state index is 0.00538. The van der Waals surface area contributed by atoms with Gasteiger partial charge in [0.05, 0.1) is 35.2 Å². The molecular formula is C14H15N5. The van der Waals surface area contributed by atoms with Crippen molar-refractivity contribution >= 4 is 11.0 Å². The summed E-state index contributed by atoms with van der Waals surface area (Å²) >= 11 is 0. The largest absolute Gasteiger partial charge is 0.308 e. The number of aromatic nitrogens is 4. The zero-order chi connectivity index (χ0) is 13.2. The standard InChI is InChI=1S/C14H15N5/c1-15-14(10-7-17-19(2)9-10)13-8-16-11-5-3-4-6-12(11)18-13/h3-9,14-15H,1-2H3. The van der Waals surface area contributed by atoms with Gasteiger partial charge in [-0.1, -0.05) is 12.1 Å². The second kappa shape index (κ2) is 4.78. The lowest BCUT2D eigenvalue weighted by atomic mass is 10.1. The van der Waals surface area contributed by atoms with Gasteiger partial charge in [0.25, 0.3) is 0 Å². The zero-order valence-corrected chi connectivity index (χ0v) is 10.9. The smallest absolute Gasteiger partial charge is 0.0890 e. The number of hydrogen-bond donors (Lipinski definition) is 1. The molecule has 0 aliphatic heterocycles. The first-order chi connectivity index (χ1) is 9.28. The third-order valence-corrected chi connectivity index (χ3v) is 3.11. The highest BCUT2D eigenvalue weighted by molar-refractivity contribution is 5.73. The molecule has 0 radical (unpaired) electrons. The van der Waals surface area contributed by atoms with E-state index in [4.69, 9.17) is 0 Å². The molecule has 0 aliphatic rings. The van der Waals surface area contributed by atoms with Crippen molar-refractivity contribution in [1.29, 1.82) is 0 Å². The molecule has 0 spiro atoms. The minimum atomic E-state index is 0.00538. The van der Waals surface area contributed by atoms with Gasteiger partial charge >= 0.3 is 0 Å². The van der Waals surface area contributed by atoms with Gasteiger partial charge in [-0.25, -0.2) is 4.98 Å². The van der Waals surface area contributed by atoms with Crippen LogP contribution in [0.3, 0.4) is 0 Å². The number of para-hydroxylation sites is 2. The fourth-order valence-electron chi connectivity index (χ4n) is 2.19. The van der Waals surface area contributed by atoms with E-state index in [0.717, 1.165) is 22.3 Å². The van der Waals surface area contributed by atoms with Crippen LogP contribution in [0.5, 0.6) is 0 Å². The second-order valence-electron chi connectivity index (χ2n) is 4.45. The third-order valence-electron chi connectivity index (χ3n) is 3.11. The summed E-state index contributed by atoms with van der Waals surface area (Å²) in [5.74, 6) is 0. The SMILES string of the molecule is CNC(c1cnn(C)c1)c1cnc2ccccc2n1. The molecule has 3 aromatic rings. The van der Waals surface area contributed by atoms with E-state index in [1.807, 2.05) is 57.0 Å².